The van der Waals surface area contributed by atoms with Crippen LogP contribution in [-0.4, -0.2) is 50.3 Å². The second-order valence-corrected chi connectivity index (χ2v) is 8.60. The van der Waals surface area contributed by atoms with Gasteiger partial charge >= 0.3 is 0 Å². The zero-order valence-electron chi connectivity index (χ0n) is 17.0. The van der Waals surface area contributed by atoms with Gasteiger partial charge in [0.15, 0.2) is 17.1 Å². The Balaban J connectivity index is 1.24. The average molecular weight is 443 g/mol. The SMILES string of the molecule is O=C1N2[C@@H](CC[C@H]2c2cc(F)cc(F)c2)OC12CCN(c1ccc(F)c3ncnn13)CC2. The van der Waals surface area contributed by atoms with Crippen molar-refractivity contribution in [2.45, 2.75) is 43.6 Å². The highest BCUT2D eigenvalue weighted by atomic mass is 19.1. The normalized spacial score (nSPS) is 24.7. The van der Waals surface area contributed by atoms with Crippen molar-refractivity contribution in [1.82, 2.24) is 19.5 Å². The molecule has 0 saturated carbocycles. The molecule has 5 heterocycles. The molecule has 32 heavy (non-hydrogen) atoms. The first-order valence-electron chi connectivity index (χ1n) is 10.6. The topological polar surface area (TPSA) is 63.0 Å². The second kappa shape index (κ2) is 6.93. The van der Waals surface area contributed by atoms with Crippen molar-refractivity contribution < 1.29 is 22.7 Å². The summed E-state index contributed by atoms with van der Waals surface area (Å²) in [7, 11) is 0. The molecule has 0 radical (unpaired) electrons. The number of pyridine rings is 1. The number of amides is 1. The molecule has 1 spiro atoms. The molecule has 0 bridgehead atoms. The number of nitrogens with zero attached hydrogens (tertiary/aromatic N) is 5. The van der Waals surface area contributed by atoms with Crippen molar-refractivity contribution in [2.24, 2.45) is 0 Å². The van der Waals surface area contributed by atoms with E-state index >= 15 is 0 Å². The van der Waals surface area contributed by atoms with E-state index in [-0.39, 0.29) is 11.6 Å². The summed E-state index contributed by atoms with van der Waals surface area (Å²) in [6, 6.07) is 6.02. The van der Waals surface area contributed by atoms with Crippen molar-refractivity contribution in [3.63, 3.8) is 0 Å². The highest BCUT2D eigenvalue weighted by Gasteiger charge is 2.58. The molecule has 1 aromatic carbocycles. The van der Waals surface area contributed by atoms with Gasteiger partial charge in [0.25, 0.3) is 5.91 Å². The molecular formula is C22H20F3N5O2. The zero-order valence-corrected chi connectivity index (χ0v) is 17.0. The molecule has 3 aliphatic heterocycles. The van der Waals surface area contributed by atoms with Crippen LogP contribution in [0.3, 0.4) is 0 Å². The molecule has 10 heteroatoms. The number of fused-ring (bicyclic) bond motifs is 2. The van der Waals surface area contributed by atoms with Crippen LogP contribution in [0.4, 0.5) is 19.0 Å². The van der Waals surface area contributed by atoms with Crippen LogP contribution in [0.1, 0.15) is 37.3 Å². The van der Waals surface area contributed by atoms with Crippen LogP contribution < -0.4 is 4.90 Å². The molecule has 0 aliphatic carbocycles. The van der Waals surface area contributed by atoms with Crippen LogP contribution in [0.15, 0.2) is 36.7 Å². The Morgan fingerprint density at radius 1 is 1.03 bits per heavy atom. The standard InChI is InChI=1S/C22H20F3N5O2/c23-14-9-13(10-15(24)11-14)17-2-4-19-29(17)21(31)22(32-19)5-7-28(8-6-22)18-3-1-16(25)20-26-12-27-30(18)20/h1,3,9-12,17,19H,2,4-8H2/t17-,19+/m0/s1. The molecule has 166 valence electrons. The molecule has 1 amide bonds. The number of halogens is 3. The largest absolute Gasteiger partial charge is 0.356 e. The Morgan fingerprint density at radius 3 is 2.53 bits per heavy atom. The first-order chi connectivity index (χ1) is 15.4. The third-order valence-electron chi connectivity index (χ3n) is 6.84. The van der Waals surface area contributed by atoms with Gasteiger partial charge in [0.2, 0.25) is 0 Å². The Hall–Kier alpha value is -3.14. The lowest BCUT2D eigenvalue weighted by Crippen LogP contribution is -2.50. The smallest absolute Gasteiger partial charge is 0.257 e. The highest BCUT2D eigenvalue weighted by Crippen LogP contribution is 2.48. The van der Waals surface area contributed by atoms with Gasteiger partial charge in [0, 0.05) is 32.0 Å². The van der Waals surface area contributed by atoms with Crippen molar-refractivity contribution >= 4 is 17.4 Å². The number of carbonyl (C=O) groups is 1. The first kappa shape index (κ1) is 19.5. The van der Waals surface area contributed by atoms with Gasteiger partial charge in [-0.15, -0.1) is 0 Å². The summed E-state index contributed by atoms with van der Waals surface area (Å²) in [5, 5.41) is 4.12. The average Bonchev–Trinajstić information content (AvgIpc) is 3.46. The van der Waals surface area contributed by atoms with Gasteiger partial charge in [-0.05, 0) is 42.7 Å². The van der Waals surface area contributed by atoms with E-state index in [2.05, 4.69) is 10.1 Å². The van der Waals surface area contributed by atoms with Gasteiger partial charge in [-0.1, -0.05) is 0 Å². The number of aromatic nitrogens is 3. The number of hydrogen-bond donors (Lipinski definition) is 0. The number of anilines is 1. The molecule has 7 nitrogen and oxygen atoms in total. The molecule has 2 atom stereocenters. The van der Waals surface area contributed by atoms with E-state index in [1.165, 1.54) is 29.0 Å². The Morgan fingerprint density at radius 2 is 1.78 bits per heavy atom. The number of benzene rings is 1. The van der Waals surface area contributed by atoms with Gasteiger partial charge in [0.05, 0.1) is 6.04 Å². The number of ether oxygens (including phenoxy) is 1. The van der Waals surface area contributed by atoms with Gasteiger partial charge < -0.3 is 14.5 Å². The minimum atomic E-state index is -0.951. The second-order valence-electron chi connectivity index (χ2n) is 8.60. The van der Waals surface area contributed by atoms with Gasteiger partial charge in [0.1, 0.15) is 30.0 Å². The fourth-order valence-corrected chi connectivity index (χ4v) is 5.34. The van der Waals surface area contributed by atoms with Gasteiger partial charge in [-0.2, -0.15) is 9.61 Å². The summed E-state index contributed by atoms with van der Waals surface area (Å²) < 4.78 is 49.2. The summed E-state index contributed by atoms with van der Waals surface area (Å²) in [5.41, 5.74) is -0.342. The minimum absolute atomic E-state index is 0.126. The quantitative estimate of drug-likeness (QED) is 0.609. The molecule has 3 saturated heterocycles. The lowest BCUT2D eigenvalue weighted by molar-refractivity contribution is -0.140. The van der Waals surface area contributed by atoms with Gasteiger partial charge in [-0.25, -0.2) is 18.2 Å². The summed E-state index contributed by atoms with van der Waals surface area (Å²) in [6.07, 6.45) is 3.05. The third-order valence-corrected chi connectivity index (χ3v) is 6.84. The fourth-order valence-electron chi connectivity index (χ4n) is 5.34. The molecule has 2 aromatic heterocycles. The van der Waals surface area contributed by atoms with Crippen molar-refractivity contribution in [3.8, 4) is 0 Å². The van der Waals surface area contributed by atoms with E-state index in [0.29, 0.717) is 50.2 Å². The minimum Gasteiger partial charge on any atom is -0.356 e. The van der Waals surface area contributed by atoms with Crippen LogP contribution >= 0.6 is 0 Å². The Labute approximate surface area is 181 Å². The van der Waals surface area contributed by atoms with E-state index in [9.17, 15) is 18.0 Å². The van der Waals surface area contributed by atoms with Crippen LogP contribution in [0.25, 0.3) is 5.65 Å². The predicted octanol–water partition coefficient (Wildman–Crippen LogP) is 3.21. The number of carbonyl (C=O) groups excluding carboxylic acids is 1. The monoisotopic (exact) mass is 443 g/mol. The van der Waals surface area contributed by atoms with Crippen molar-refractivity contribution in [2.75, 3.05) is 18.0 Å². The maximum absolute atomic E-state index is 14.0. The van der Waals surface area contributed by atoms with Crippen LogP contribution in [0, 0.1) is 17.5 Å². The van der Waals surface area contributed by atoms with Gasteiger partial charge in [-0.3, -0.25) is 4.79 Å². The Bertz CT molecular complexity index is 1200. The molecule has 0 N–H and O–H groups in total. The van der Waals surface area contributed by atoms with E-state index < -0.39 is 35.3 Å². The molecule has 0 unspecified atom stereocenters. The maximum atomic E-state index is 14.0. The van der Waals surface area contributed by atoms with E-state index in [1.807, 2.05) is 4.90 Å². The summed E-state index contributed by atoms with van der Waals surface area (Å²) in [6.45, 7) is 1.04. The number of hydrogen-bond acceptors (Lipinski definition) is 5. The summed E-state index contributed by atoms with van der Waals surface area (Å²) in [4.78, 5) is 21.1. The molecule has 3 fully saturated rings. The Kier molecular flexibility index (Phi) is 4.23. The van der Waals surface area contributed by atoms with E-state index in [0.717, 1.165) is 6.07 Å². The lowest BCUT2D eigenvalue weighted by atomic mass is 9.89. The highest BCUT2D eigenvalue weighted by molar-refractivity contribution is 5.88. The number of piperidine rings is 1. The van der Waals surface area contributed by atoms with Crippen LogP contribution in [-0.2, 0) is 9.53 Å². The lowest BCUT2D eigenvalue weighted by Gasteiger charge is -2.38. The third kappa shape index (κ3) is 2.82. The van der Waals surface area contributed by atoms with Crippen molar-refractivity contribution in [1.29, 1.82) is 0 Å². The molecule has 3 aliphatic rings. The molecule has 6 rings (SSSR count). The molecular weight excluding hydrogens is 423 g/mol. The van der Waals surface area contributed by atoms with Crippen LogP contribution in [0.5, 0.6) is 0 Å². The van der Waals surface area contributed by atoms with E-state index in [1.54, 1.807) is 11.0 Å². The first-order valence-corrected chi connectivity index (χ1v) is 10.6. The van der Waals surface area contributed by atoms with E-state index in [4.69, 9.17) is 4.74 Å². The van der Waals surface area contributed by atoms with Crippen LogP contribution in [0.2, 0.25) is 0 Å². The predicted molar refractivity (Wildman–Crippen MR) is 107 cm³/mol. The summed E-state index contributed by atoms with van der Waals surface area (Å²) in [5.74, 6) is -1.18. The zero-order chi connectivity index (χ0) is 22.0. The number of rotatable bonds is 2. The van der Waals surface area contributed by atoms with Crippen molar-refractivity contribution in [3.05, 3.63) is 59.7 Å². The maximum Gasteiger partial charge on any atom is 0.257 e. The summed E-state index contributed by atoms with van der Waals surface area (Å²) >= 11 is 0. The molecule has 3 aromatic rings. The fraction of sp³-hybridized carbons (Fsp3) is 0.409.